The summed E-state index contributed by atoms with van der Waals surface area (Å²) in [5.41, 5.74) is 3.43. The van der Waals surface area contributed by atoms with Crippen LogP contribution >= 0.6 is 15.9 Å². The Labute approximate surface area is 147 Å². The highest BCUT2D eigenvalue weighted by molar-refractivity contribution is 9.10. The number of hydrogen-bond acceptors (Lipinski definition) is 3. The van der Waals surface area contributed by atoms with E-state index >= 15 is 0 Å². The second-order valence-electron chi connectivity index (χ2n) is 5.72. The van der Waals surface area contributed by atoms with Crippen molar-refractivity contribution < 1.29 is 4.79 Å². The molecule has 1 amide bonds. The molecule has 1 aromatic carbocycles. The topological polar surface area (TPSA) is 50.5 Å². The molecule has 1 aliphatic rings. The monoisotopic (exact) mass is 382 g/mol. The first-order valence-corrected chi connectivity index (χ1v) is 8.55. The molecule has 0 saturated heterocycles. The molecule has 0 bridgehead atoms. The summed E-state index contributed by atoms with van der Waals surface area (Å²) in [6.45, 7) is 1.31. The molecular formula is C18H15BrN4O. The summed E-state index contributed by atoms with van der Waals surface area (Å²) in [5, 5.41) is 4.36. The number of amides is 1. The van der Waals surface area contributed by atoms with Gasteiger partial charge < -0.3 is 4.90 Å². The number of carbonyl (C=O) groups excluding carboxylic acids is 1. The smallest absolute Gasteiger partial charge is 0.274 e. The first kappa shape index (κ1) is 15.1. The van der Waals surface area contributed by atoms with Crippen LogP contribution in [0.1, 0.15) is 22.5 Å². The number of carbonyl (C=O) groups is 1. The van der Waals surface area contributed by atoms with Crippen LogP contribution < -0.4 is 0 Å². The van der Waals surface area contributed by atoms with Crippen LogP contribution in [0, 0.1) is 0 Å². The Morgan fingerprint density at radius 3 is 2.88 bits per heavy atom. The number of hydrogen-bond donors (Lipinski definition) is 0. The van der Waals surface area contributed by atoms with E-state index in [1.54, 1.807) is 23.0 Å². The van der Waals surface area contributed by atoms with Crippen LogP contribution in [0.5, 0.6) is 0 Å². The predicted octanol–water partition coefficient (Wildman–Crippen LogP) is 3.42. The van der Waals surface area contributed by atoms with Gasteiger partial charge in [0.2, 0.25) is 0 Å². The molecule has 3 heterocycles. The first-order chi connectivity index (χ1) is 11.7. The maximum absolute atomic E-state index is 12.8. The Kier molecular flexibility index (Phi) is 3.90. The van der Waals surface area contributed by atoms with Gasteiger partial charge in [-0.25, -0.2) is 9.50 Å². The first-order valence-electron chi connectivity index (χ1n) is 7.75. The molecule has 0 atom stereocenters. The lowest BCUT2D eigenvalue weighted by atomic mass is 10.0. The molecule has 3 aromatic rings. The Morgan fingerprint density at radius 1 is 1.21 bits per heavy atom. The molecule has 0 saturated carbocycles. The van der Waals surface area contributed by atoms with Crippen LogP contribution in [0.25, 0.3) is 11.2 Å². The van der Waals surface area contributed by atoms with Crippen molar-refractivity contribution in [3.8, 4) is 0 Å². The van der Waals surface area contributed by atoms with Crippen LogP contribution in [0.4, 0.5) is 0 Å². The van der Waals surface area contributed by atoms with E-state index in [9.17, 15) is 4.79 Å². The van der Waals surface area contributed by atoms with Crippen LogP contribution in [0.15, 0.2) is 59.3 Å². The lowest BCUT2D eigenvalue weighted by molar-refractivity contribution is 0.0768. The van der Waals surface area contributed by atoms with Crippen LogP contribution in [-0.4, -0.2) is 38.5 Å². The van der Waals surface area contributed by atoms with Crippen molar-refractivity contribution in [3.05, 3.63) is 70.6 Å². The minimum absolute atomic E-state index is 0.0573. The van der Waals surface area contributed by atoms with Gasteiger partial charge in [0.1, 0.15) is 0 Å². The fraction of sp³-hybridized carbons (Fsp3) is 0.167. The summed E-state index contributed by atoms with van der Waals surface area (Å²) in [4.78, 5) is 18.9. The zero-order valence-electron chi connectivity index (χ0n) is 12.9. The van der Waals surface area contributed by atoms with Gasteiger partial charge in [-0.1, -0.05) is 36.4 Å². The Morgan fingerprint density at radius 2 is 2.04 bits per heavy atom. The molecule has 0 aliphatic carbocycles. The molecular weight excluding hydrogens is 368 g/mol. The highest BCUT2D eigenvalue weighted by atomic mass is 79.9. The fourth-order valence-corrected chi connectivity index (χ4v) is 3.20. The van der Waals surface area contributed by atoms with Crippen LogP contribution in [0.2, 0.25) is 0 Å². The summed E-state index contributed by atoms with van der Waals surface area (Å²) in [7, 11) is 0. The van der Waals surface area contributed by atoms with Gasteiger partial charge >= 0.3 is 0 Å². The van der Waals surface area contributed by atoms with Crippen LogP contribution in [0.3, 0.4) is 0 Å². The zero-order valence-corrected chi connectivity index (χ0v) is 14.5. The highest BCUT2D eigenvalue weighted by Gasteiger charge is 2.22. The number of aromatic nitrogens is 3. The van der Waals surface area contributed by atoms with E-state index in [2.05, 4.69) is 44.2 Å². The lowest BCUT2D eigenvalue weighted by Crippen LogP contribution is -2.35. The third-order valence-electron chi connectivity index (χ3n) is 4.08. The quantitative estimate of drug-likeness (QED) is 0.682. The molecule has 2 aromatic heterocycles. The summed E-state index contributed by atoms with van der Waals surface area (Å²) in [6, 6.07) is 11.9. The van der Waals surface area contributed by atoms with Crippen molar-refractivity contribution in [2.75, 3.05) is 13.1 Å². The van der Waals surface area contributed by atoms with Gasteiger partial charge in [0.05, 0.1) is 4.47 Å². The minimum Gasteiger partial charge on any atom is -0.333 e. The van der Waals surface area contributed by atoms with Gasteiger partial charge in [0.25, 0.3) is 5.91 Å². The van der Waals surface area contributed by atoms with Crippen molar-refractivity contribution in [1.82, 2.24) is 19.5 Å². The third kappa shape index (κ3) is 2.85. The van der Waals surface area contributed by atoms with Gasteiger partial charge in [0, 0.05) is 31.5 Å². The van der Waals surface area contributed by atoms with E-state index in [0.717, 1.165) is 16.5 Å². The number of nitrogens with zero attached hydrogens (tertiary/aromatic N) is 4. The number of halogens is 1. The van der Waals surface area contributed by atoms with Crippen molar-refractivity contribution in [3.63, 3.8) is 0 Å². The summed E-state index contributed by atoms with van der Waals surface area (Å²) in [6.07, 6.45) is 6.56. The van der Waals surface area contributed by atoms with E-state index in [1.165, 1.54) is 5.57 Å². The highest BCUT2D eigenvalue weighted by Crippen LogP contribution is 2.22. The summed E-state index contributed by atoms with van der Waals surface area (Å²) in [5.74, 6) is -0.0573. The van der Waals surface area contributed by atoms with Gasteiger partial charge in [-0.2, -0.15) is 5.10 Å². The molecule has 0 spiro atoms. The van der Waals surface area contributed by atoms with Crippen molar-refractivity contribution >= 4 is 33.1 Å². The van der Waals surface area contributed by atoms with E-state index < -0.39 is 0 Å². The standard InChI is InChI=1S/C18H15BrN4O/c19-15-10-20-17-9-16(21-23(17)12-15)18(24)22-8-4-7-14(11-22)13-5-2-1-3-6-13/h1-3,5-7,9-10,12H,4,8,11H2. The van der Waals surface area contributed by atoms with Crippen molar-refractivity contribution in [2.24, 2.45) is 0 Å². The molecule has 6 heteroatoms. The molecule has 1 aliphatic heterocycles. The fourth-order valence-electron chi connectivity index (χ4n) is 2.90. The normalized spacial score (nSPS) is 14.7. The average molecular weight is 383 g/mol. The number of rotatable bonds is 2. The van der Waals surface area contributed by atoms with E-state index in [-0.39, 0.29) is 5.91 Å². The van der Waals surface area contributed by atoms with Gasteiger partial charge in [0.15, 0.2) is 11.3 Å². The molecule has 120 valence electrons. The molecule has 0 fully saturated rings. The van der Waals surface area contributed by atoms with Gasteiger partial charge in [-0.15, -0.1) is 0 Å². The second-order valence-corrected chi connectivity index (χ2v) is 6.63. The zero-order chi connectivity index (χ0) is 16.5. The molecule has 24 heavy (non-hydrogen) atoms. The summed E-state index contributed by atoms with van der Waals surface area (Å²) >= 11 is 3.36. The van der Waals surface area contributed by atoms with E-state index in [1.807, 2.05) is 23.1 Å². The molecule has 0 radical (unpaired) electrons. The largest absolute Gasteiger partial charge is 0.333 e. The van der Waals surface area contributed by atoms with Gasteiger partial charge in [-0.3, -0.25) is 4.79 Å². The van der Waals surface area contributed by atoms with E-state index in [0.29, 0.717) is 24.4 Å². The molecule has 0 unspecified atom stereocenters. The Balaban J connectivity index is 1.59. The van der Waals surface area contributed by atoms with Gasteiger partial charge in [-0.05, 0) is 33.5 Å². The van der Waals surface area contributed by atoms with Crippen molar-refractivity contribution in [2.45, 2.75) is 6.42 Å². The number of fused-ring (bicyclic) bond motifs is 1. The molecule has 0 N–H and O–H groups in total. The molecule has 5 nitrogen and oxygen atoms in total. The SMILES string of the molecule is O=C(c1cc2ncc(Br)cn2n1)N1CCC=C(c2ccccc2)C1. The van der Waals surface area contributed by atoms with E-state index in [4.69, 9.17) is 0 Å². The minimum atomic E-state index is -0.0573. The molecule has 4 rings (SSSR count). The maximum atomic E-state index is 12.8. The third-order valence-corrected chi connectivity index (χ3v) is 4.49. The van der Waals surface area contributed by atoms with Crippen LogP contribution in [-0.2, 0) is 0 Å². The van der Waals surface area contributed by atoms with Crippen molar-refractivity contribution in [1.29, 1.82) is 0 Å². The maximum Gasteiger partial charge on any atom is 0.274 e. The Bertz CT molecular complexity index is 933. The average Bonchev–Trinajstić information content (AvgIpc) is 3.05. The number of benzene rings is 1. The summed E-state index contributed by atoms with van der Waals surface area (Å²) < 4.78 is 2.44. The Hall–Kier alpha value is -2.47. The second kappa shape index (κ2) is 6.20. The predicted molar refractivity (Wildman–Crippen MR) is 95.6 cm³/mol. The lowest BCUT2D eigenvalue weighted by Gasteiger charge is -2.27.